The van der Waals surface area contributed by atoms with Gasteiger partial charge in [0, 0.05) is 24.3 Å². The van der Waals surface area contributed by atoms with E-state index in [1.807, 2.05) is 24.8 Å². The molecule has 3 aromatic rings. The number of hydrogen-bond donors (Lipinski definition) is 1. The van der Waals surface area contributed by atoms with Gasteiger partial charge in [0.2, 0.25) is 0 Å². The van der Waals surface area contributed by atoms with Crippen molar-refractivity contribution in [3.8, 4) is 0 Å². The largest absolute Gasteiger partial charge is 0.329 e. The Kier molecular flexibility index (Phi) is 3.74. The summed E-state index contributed by atoms with van der Waals surface area (Å²) in [6.45, 7) is 4.71. The summed E-state index contributed by atoms with van der Waals surface area (Å²) in [5, 5.41) is 4.52. The summed E-state index contributed by atoms with van der Waals surface area (Å²) in [6.07, 6.45) is 5.65. The SMILES string of the molecule is CCNCc1cncn1Cc1cccc2cccnc12. The Bertz CT molecular complexity index is 697. The fourth-order valence-electron chi connectivity index (χ4n) is 2.37. The van der Waals surface area contributed by atoms with Crippen molar-refractivity contribution < 1.29 is 0 Å². The summed E-state index contributed by atoms with van der Waals surface area (Å²) < 4.78 is 2.17. The van der Waals surface area contributed by atoms with Crippen molar-refractivity contribution in [2.75, 3.05) is 6.54 Å². The van der Waals surface area contributed by atoms with Gasteiger partial charge < -0.3 is 9.88 Å². The minimum Gasteiger partial charge on any atom is -0.329 e. The predicted octanol–water partition coefficient (Wildman–Crippen LogP) is 2.59. The van der Waals surface area contributed by atoms with Gasteiger partial charge in [-0.2, -0.15) is 0 Å². The molecule has 0 amide bonds. The van der Waals surface area contributed by atoms with E-state index >= 15 is 0 Å². The first-order valence-electron chi connectivity index (χ1n) is 6.91. The molecule has 0 spiro atoms. The van der Waals surface area contributed by atoms with Gasteiger partial charge in [-0.25, -0.2) is 4.98 Å². The number of aromatic nitrogens is 3. The van der Waals surface area contributed by atoms with E-state index in [2.05, 4.69) is 51.0 Å². The van der Waals surface area contributed by atoms with Gasteiger partial charge in [0.25, 0.3) is 0 Å². The number of hydrogen-bond acceptors (Lipinski definition) is 3. The smallest absolute Gasteiger partial charge is 0.0951 e. The van der Waals surface area contributed by atoms with Gasteiger partial charge in [-0.05, 0) is 18.2 Å². The predicted molar refractivity (Wildman–Crippen MR) is 80.5 cm³/mol. The Morgan fingerprint density at radius 1 is 1.20 bits per heavy atom. The van der Waals surface area contributed by atoms with Crippen LogP contribution in [0.25, 0.3) is 10.9 Å². The van der Waals surface area contributed by atoms with E-state index in [0.29, 0.717) is 0 Å². The highest BCUT2D eigenvalue weighted by molar-refractivity contribution is 5.81. The van der Waals surface area contributed by atoms with E-state index in [9.17, 15) is 0 Å². The summed E-state index contributed by atoms with van der Waals surface area (Å²) in [5.41, 5.74) is 3.48. The van der Waals surface area contributed by atoms with E-state index in [0.717, 1.165) is 25.2 Å². The summed E-state index contributed by atoms with van der Waals surface area (Å²) in [5.74, 6) is 0. The minimum absolute atomic E-state index is 0.801. The average Bonchev–Trinajstić information content (AvgIpc) is 2.93. The van der Waals surface area contributed by atoms with Crippen molar-refractivity contribution >= 4 is 10.9 Å². The van der Waals surface area contributed by atoms with Crippen LogP contribution in [0.4, 0.5) is 0 Å². The van der Waals surface area contributed by atoms with E-state index in [1.165, 1.54) is 16.6 Å². The van der Waals surface area contributed by atoms with Crippen molar-refractivity contribution in [1.82, 2.24) is 19.9 Å². The molecule has 2 aromatic heterocycles. The lowest BCUT2D eigenvalue weighted by molar-refractivity contribution is 0.658. The van der Waals surface area contributed by atoms with Gasteiger partial charge in [-0.3, -0.25) is 4.98 Å². The van der Waals surface area contributed by atoms with Crippen LogP contribution in [0.2, 0.25) is 0 Å². The summed E-state index contributed by atoms with van der Waals surface area (Å²) in [6, 6.07) is 10.4. The molecule has 0 atom stereocenters. The second kappa shape index (κ2) is 5.84. The highest BCUT2D eigenvalue weighted by atomic mass is 15.1. The van der Waals surface area contributed by atoms with Crippen LogP contribution < -0.4 is 5.32 Å². The molecule has 2 heterocycles. The third-order valence-electron chi connectivity index (χ3n) is 3.41. The van der Waals surface area contributed by atoms with Crippen molar-refractivity contribution in [3.63, 3.8) is 0 Å². The number of nitrogens with zero attached hydrogens (tertiary/aromatic N) is 3. The number of imidazole rings is 1. The van der Waals surface area contributed by atoms with E-state index < -0.39 is 0 Å². The van der Waals surface area contributed by atoms with Gasteiger partial charge in [0.05, 0.1) is 24.1 Å². The molecule has 1 aromatic carbocycles. The Hall–Kier alpha value is -2.20. The van der Waals surface area contributed by atoms with Gasteiger partial charge in [-0.15, -0.1) is 0 Å². The fraction of sp³-hybridized carbons (Fsp3) is 0.250. The number of benzene rings is 1. The Labute approximate surface area is 118 Å². The molecule has 4 heteroatoms. The number of fused-ring (bicyclic) bond motifs is 1. The van der Waals surface area contributed by atoms with Crippen molar-refractivity contribution in [1.29, 1.82) is 0 Å². The highest BCUT2D eigenvalue weighted by Gasteiger charge is 2.06. The first-order valence-corrected chi connectivity index (χ1v) is 6.91. The van der Waals surface area contributed by atoms with Crippen LogP contribution in [-0.2, 0) is 13.1 Å². The first kappa shape index (κ1) is 12.8. The highest BCUT2D eigenvalue weighted by Crippen LogP contribution is 2.17. The Morgan fingerprint density at radius 3 is 3.00 bits per heavy atom. The third kappa shape index (κ3) is 2.56. The van der Waals surface area contributed by atoms with E-state index in [1.54, 1.807) is 0 Å². The van der Waals surface area contributed by atoms with Gasteiger partial charge in [0.1, 0.15) is 0 Å². The molecule has 0 radical (unpaired) electrons. The Balaban J connectivity index is 1.92. The van der Waals surface area contributed by atoms with Gasteiger partial charge >= 0.3 is 0 Å². The van der Waals surface area contributed by atoms with Gasteiger partial charge in [0.15, 0.2) is 0 Å². The maximum absolute atomic E-state index is 4.50. The number of rotatable bonds is 5. The third-order valence-corrected chi connectivity index (χ3v) is 3.41. The summed E-state index contributed by atoms with van der Waals surface area (Å²) in [7, 11) is 0. The molecule has 102 valence electrons. The van der Waals surface area contributed by atoms with Crippen LogP contribution >= 0.6 is 0 Å². The standard InChI is InChI=1S/C16H18N4/c1-2-17-9-15-10-18-12-20(15)11-14-6-3-5-13-7-4-8-19-16(13)14/h3-8,10,12,17H,2,9,11H2,1H3. The summed E-state index contributed by atoms with van der Waals surface area (Å²) in [4.78, 5) is 8.76. The first-order chi connectivity index (χ1) is 9.88. The van der Waals surface area contributed by atoms with Crippen LogP contribution in [0.3, 0.4) is 0 Å². The van der Waals surface area contributed by atoms with Crippen molar-refractivity contribution in [3.05, 3.63) is 60.3 Å². The zero-order valence-electron chi connectivity index (χ0n) is 11.6. The fourth-order valence-corrected chi connectivity index (χ4v) is 2.37. The van der Waals surface area contributed by atoms with Gasteiger partial charge in [-0.1, -0.05) is 31.2 Å². The van der Waals surface area contributed by atoms with Crippen LogP contribution in [0.1, 0.15) is 18.2 Å². The molecule has 0 saturated carbocycles. The maximum Gasteiger partial charge on any atom is 0.0951 e. The monoisotopic (exact) mass is 266 g/mol. The van der Waals surface area contributed by atoms with Crippen LogP contribution in [0, 0.1) is 0 Å². The van der Waals surface area contributed by atoms with Crippen LogP contribution in [0.15, 0.2) is 49.1 Å². The molecular formula is C16H18N4. The molecule has 0 unspecified atom stereocenters. The Morgan fingerprint density at radius 2 is 2.10 bits per heavy atom. The van der Waals surface area contributed by atoms with Crippen LogP contribution in [0.5, 0.6) is 0 Å². The molecule has 1 N–H and O–H groups in total. The molecule has 0 bridgehead atoms. The minimum atomic E-state index is 0.801. The molecular weight excluding hydrogens is 248 g/mol. The van der Waals surface area contributed by atoms with Crippen LogP contribution in [-0.4, -0.2) is 21.1 Å². The topological polar surface area (TPSA) is 42.7 Å². The quantitative estimate of drug-likeness (QED) is 0.772. The lowest BCUT2D eigenvalue weighted by Crippen LogP contribution is -2.15. The molecule has 3 rings (SSSR count). The lowest BCUT2D eigenvalue weighted by Gasteiger charge is -2.10. The number of nitrogens with one attached hydrogen (secondary N) is 1. The number of para-hydroxylation sites is 1. The van der Waals surface area contributed by atoms with E-state index in [-0.39, 0.29) is 0 Å². The average molecular weight is 266 g/mol. The second-order valence-corrected chi connectivity index (χ2v) is 4.79. The molecule has 20 heavy (non-hydrogen) atoms. The molecule has 0 saturated heterocycles. The molecule has 0 aliphatic rings. The zero-order valence-corrected chi connectivity index (χ0v) is 11.6. The summed E-state index contributed by atoms with van der Waals surface area (Å²) >= 11 is 0. The molecule has 0 aliphatic heterocycles. The lowest BCUT2D eigenvalue weighted by atomic mass is 10.1. The zero-order chi connectivity index (χ0) is 13.8. The molecule has 0 fully saturated rings. The van der Waals surface area contributed by atoms with Crippen molar-refractivity contribution in [2.24, 2.45) is 0 Å². The number of pyridine rings is 1. The van der Waals surface area contributed by atoms with E-state index in [4.69, 9.17) is 0 Å². The molecule has 0 aliphatic carbocycles. The normalized spacial score (nSPS) is 11.1. The maximum atomic E-state index is 4.50. The molecule has 4 nitrogen and oxygen atoms in total. The van der Waals surface area contributed by atoms with Crippen molar-refractivity contribution in [2.45, 2.75) is 20.0 Å². The second-order valence-electron chi connectivity index (χ2n) is 4.79.